The van der Waals surface area contributed by atoms with Gasteiger partial charge in [0, 0.05) is 6.54 Å². The highest BCUT2D eigenvalue weighted by Crippen LogP contribution is 1.73. The third-order valence-corrected chi connectivity index (χ3v) is 0.514. The zero-order chi connectivity index (χ0) is 7.11. The van der Waals surface area contributed by atoms with Crippen molar-refractivity contribution in [1.29, 1.82) is 0 Å². The second kappa shape index (κ2) is 5.13. The van der Waals surface area contributed by atoms with Crippen LogP contribution in [0.4, 0.5) is 4.79 Å². The molecule has 0 unspecified atom stereocenters. The number of nitrogens with two attached hydrogens (primary N) is 2. The summed E-state index contributed by atoms with van der Waals surface area (Å²) in [7, 11) is 0. The number of azo groups is 1. The lowest BCUT2D eigenvalue weighted by atomic mass is 10.7. The molecule has 0 saturated carbocycles. The average molecular weight is 131 g/mol. The third-order valence-electron chi connectivity index (χ3n) is 0.514. The van der Waals surface area contributed by atoms with Crippen LogP contribution < -0.4 is 17.0 Å². The predicted octanol–water partition coefficient (Wildman–Crippen LogP) is -1.02. The number of urea groups is 1. The first-order valence-corrected chi connectivity index (χ1v) is 2.39. The molecule has 0 aliphatic heterocycles. The van der Waals surface area contributed by atoms with Crippen molar-refractivity contribution in [3.8, 4) is 0 Å². The number of hydrogen-bond acceptors (Lipinski definition) is 4. The Labute approximate surface area is 52.3 Å². The van der Waals surface area contributed by atoms with Gasteiger partial charge in [0.05, 0.1) is 6.54 Å². The summed E-state index contributed by atoms with van der Waals surface area (Å²) in [6, 6.07) is -0.663. The van der Waals surface area contributed by atoms with E-state index in [1.54, 1.807) is 5.43 Å². The first-order valence-electron chi connectivity index (χ1n) is 2.39. The molecule has 0 atom stereocenters. The minimum Gasteiger partial charge on any atom is -0.329 e. The van der Waals surface area contributed by atoms with E-state index in [1.165, 1.54) is 0 Å². The third kappa shape index (κ3) is 4.85. The van der Waals surface area contributed by atoms with E-state index in [-0.39, 0.29) is 0 Å². The molecule has 0 aromatic carbocycles. The van der Waals surface area contributed by atoms with Crippen LogP contribution in [0.25, 0.3) is 0 Å². The fourth-order valence-corrected chi connectivity index (χ4v) is 0.201. The van der Waals surface area contributed by atoms with E-state index in [0.29, 0.717) is 13.1 Å². The van der Waals surface area contributed by atoms with Crippen molar-refractivity contribution in [2.24, 2.45) is 21.8 Å². The summed E-state index contributed by atoms with van der Waals surface area (Å²) in [5, 5.41) is 6.47. The average Bonchev–Trinajstić information content (AvgIpc) is 1.89. The van der Waals surface area contributed by atoms with Gasteiger partial charge in [-0.2, -0.15) is 5.11 Å². The molecular formula is C3H9N5O. The van der Waals surface area contributed by atoms with Gasteiger partial charge in [-0.05, 0) is 0 Å². The Morgan fingerprint density at radius 1 is 1.67 bits per heavy atom. The number of carbonyl (C=O) groups excluding carboxylic acids is 1. The summed E-state index contributed by atoms with van der Waals surface area (Å²) in [6.45, 7) is 0.717. The number of hydrogen-bond donors (Lipinski definition) is 3. The molecule has 6 nitrogen and oxygen atoms in total. The summed E-state index contributed by atoms with van der Waals surface area (Å²) in [5.74, 6) is 4.67. The number of rotatable bonds is 2. The Hall–Kier alpha value is -1.01. The Bertz CT molecular complexity index is 111. The highest BCUT2D eigenvalue weighted by molar-refractivity contribution is 5.73. The molecule has 52 valence electrons. The van der Waals surface area contributed by atoms with Gasteiger partial charge < -0.3 is 5.73 Å². The number of amides is 2. The van der Waals surface area contributed by atoms with Crippen LogP contribution in [-0.2, 0) is 0 Å². The first kappa shape index (κ1) is 7.99. The van der Waals surface area contributed by atoms with E-state index < -0.39 is 6.03 Å². The minimum absolute atomic E-state index is 0.341. The van der Waals surface area contributed by atoms with E-state index in [2.05, 4.69) is 16.1 Å². The van der Waals surface area contributed by atoms with Crippen LogP contribution in [0.5, 0.6) is 0 Å². The molecule has 0 radical (unpaired) electrons. The SMILES string of the molecule is NCCN=NC(=O)NN. The van der Waals surface area contributed by atoms with E-state index in [4.69, 9.17) is 5.73 Å². The van der Waals surface area contributed by atoms with Gasteiger partial charge in [-0.1, -0.05) is 5.11 Å². The van der Waals surface area contributed by atoms with E-state index in [0.717, 1.165) is 0 Å². The zero-order valence-electron chi connectivity index (χ0n) is 4.87. The molecule has 0 saturated heterocycles. The molecule has 0 aromatic rings. The number of carbonyl (C=O) groups is 1. The summed E-state index contributed by atoms with van der Waals surface area (Å²) in [6.07, 6.45) is 0. The molecule has 2 amide bonds. The van der Waals surface area contributed by atoms with Crippen LogP contribution in [0.15, 0.2) is 10.2 Å². The lowest BCUT2D eigenvalue weighted by Crippen LogP contribution is -2.26. The quantitative estimate of drug-likeness (QED) is 0.193. The minimum atomic E-state index is -0.663. The second-order valence-corrected chi connectivity index (χ2v) is 1.20. The summed E-state index contributed by atoms with van der Waals surface area (Å²) >= 11 is 0. The van der Waals surface area contributed by atoms with Gasteiger partial charge in [0.15, 0.2) is 0 Å². The van der Waals surface area contributed by atoms with Crippen molar-refractivity contribution in [2.75, 3.05) is 13.1 Å². The Kier molecular flexibility index (Phi) is 4.56. The second-order valence-electron chi connectivity index (χ2n) is 1.20. The van der Waals surface area contributed by atoms with Crippen LogP contribution >= 0.6 is 0 Å². The van der Waals surface area contributed by atoms with Gasteiger partial charge in [0.25, 0.3) is 0 Å². The molecule has 0 fully saturated rings. The highest BCUT2D eigenvalue weighted by atomic mass is 16.2. The van der Waals surface area contributed by atoms with Crippen LogP contribution in [0.2, 0.25) is 0 Å². The fourth-order valence-electron chi connectivity index (χ4n) is 0.201. The molecule has 0 rings (SSSR count). The molecule has 0 aliphatic carbocycles. The molecular weight excluding hydrogens is 122 g/mol. The molecule has 0 aliphatic rings. The van der Waals surface area contributed by atoms with Crippen molar-refractivity contribution in [1.82, 2.24) is 5.43 Å². The van der Waals surface area contributed by atoms with Crippen molar-refractivity contribution in [3.05, 3.63) is 0 Å². The number of hydrazine groups is 1. The van der Waals surface area contributed by atoms with Crippen LogP contribution in [-0.4, -0.2) is 19.1 Å². The highest BCUT2D eigenvalue weighted by Gasteiger charge is 1.87. The molecule has 9 heavy (non-hydrogen) atoms. The van der Waals surface area contributed by atoms with Crippen LogP contribution in [0.3, 0.4) is 0 Å². The Balaban J connectivity index is 3.32. The summed E-state index contributed by atoms with van der Waals surface area (Å²) in [4.78, 5) is 10.1. The zero-order valence-corrected chi connectivity index (χ0v) is 4.87. The smallest absolute Gasteiger partial charge is 0.329 e. The van der Waals surface area contributed by atoms with Crippen molar-refractivity contribution in [2.45, 2.75) is 0 Å². The van der Waals surface area contributed by atoms with E-state index in [9.17, 15) is 4.79 Å². The standard InChI is InChI=1S/C3H9N5O/c4-1-2-6-8-3(9)7-5/h1-2,4-5H2,(H,7,9). The molecule has 6 heteroatoms. The summed E-state index contributed by atoms with van der Waals surface area (Å²) in [5.41, 5.74) is 6.82. The van der Waals surface area contributed by atoms with Crippen LogP contribution in [0.1, 0.15) is 0 Å². The lowest BCUT2D eigenvalue weighted by molar-refractivity contribution is 0.248. The maximum absolute atomic E-state index is 10.1. The fraction of sp³-hybridized carbons (Fsp3) is 0.667. The topological polar surface area (TPSA) is 106 Å². The normalized spacial score (nSPS) is 10.0. The number of nitrogens with one attached hydrogen (secondary N) is 1. The molecule has 0 spiro atoms. The molecule has 5 N–H and O–H groups in total. The van der Waals surface area contributed by atoms with Gasteiger partial charge in [0.2, 0.25) is 0 Å². The largest absolute Gasteiger partial charge is 0.373 e. The lowest BCUT2D eigenvalue weighted by Gasteiger charge is -1.86. The molecule has 0 heterocycles. The maximum atomic E-state index is 10.1. The molecule has 0 bridgehead atoms. The number of nitrogens with zero attached hydrogens (tertiary/aromatic N) is 2. The predicted molar refractivity (Wildman–Crippen MR) is 31.5 cm³/mol. The van der Waals surface area contributed by atoms with Crippen LogP contribution in [0, 0.1) is 0 Å². The van der Waals surface area contributed by atoms with E-state index in [1.807, 2.05) is 0 Å². The Morgan fingerprint density at radius 3 is 2.78 bits per heavy atom. The van der Waals surface area contributed by atoms with Gasteiger partial charge >= 0.3 is 6.03 Å². The first-order chi connectivity index (χ1) is 4.31. The van der Waals surface area contributed by atoms with Crippen molar-refractivity contribution in [3.63, 3.8) is 0 Å². The van der Waals surface area contributed by atoms with E-state index >= 15 is 0 Å². The van der Waals surface area contributed by atoms with Gasteiger partial charge in [-0.3, -0.25) is 5.43 Å². The maximum Gasteiger partial charge on any atom is 0.373 e. The van der Waals surface area contributed by atoms with Gasteiger partial charge in [-0.15, -0.1) is 0 Å². The Morgan fingerprint density at radius 2 is 2.33 bits per heavy atom. The molecule has 0 aromatic heterocycles. The monoisotopic (exact) mass is 131 g/mol. The van der Waals surface area contributed by atoms with Crippen molar-refractivity contribution >= 4 is 6.03 Å². The summed E-state index contributed by atoms with van der Waals surface area (Å²) < 4.78 is 0. The van der Waals surface area contributed by atoms with Gasteiger partial charge in [0.1, 0.15) is 0 Å². The van der Waals surface area contributed by atoms with Gasteiger partial charge in [-0.25, -0.2) is 10.6 Å². The van der Waals surface area contributed by atoms with Crippen molar-refractivity contribution < 1.29 is 4.79 Å².